The Morgan fingerprint density at radius 1 is 1.37 bits per heavy atom. The molecule has 1 aliphatic rings. The largest absolute Gasteiger partial charge is 0.481 e. The van der Waals surface area contributed by atoms with Crippen LogP contribution in [0.25, 0.3) is 27.5 Å². The van der Waals surface area contributed by atoms with E-state index in [1.807, 2.05) is 13.0 Å². The van der Waals surface area contributed by atoms with E-state index in [0.717, 1.165) is 45.2 Å². The van der Waals surface area contributed by atoms with E-state index in [1.54, 1.807) is 19.2 Å². The first-order valence-corrected chi connectivity index (χ1v) is 11.9. The number of nitriles is 1. The van der Waals surface area contributed by atoms with E-state index in [9.17, 15) is 19.6 Å². The number of aliphatic carboxylic acids is 1. The van der Waals surface area contributed by atoms with Crippen LogP contribution in [0, 0.1) is 29.5 Å². The number of benzene rings is 2. The van der Waals surface area contributed by atoms with Crippen molar-refractivity contribution in [2.45, 2.75) is 64.7 Å². The van der Waals surface area contributed by atoms with E-state index in [2.05, 4.69) is 46.8 Å². The van der Waals surface area contributed by atoms with Crippen LogP contribution in [0.4, 0.5) is 4.39 Å². The smallest absolute Gasteiger partial charge is 0.309 e. The van der Waals surface area contributed by atoms with Gasteiger partial charge in [0.1, 0.15) is 5.82 Å². The summed E-state index contributed by atoms with van der Waals surface area (Å²) in [5, 5.41) is 28.9. The van der Waals surface area contributed by atoms with Gasteiger partial charge in [0.05, 0.1) is 28.7 Å². The molecule has 0 bridgehead atoms. The van der Waals surface area contributed by atoms with Gasteiger partial charge in [-0.2, -0.15) is 10.4 Å². The summed E-state index contributed by atoms with van der Waals surface area (Å²) in [7, 11) is 0. The van der Waals surface area contributed by atoms with Gasteiger partial charge in [0, 0.05) is 34.0 Å². The molecule has 4 aromatic rings. The Morgan fingerprint density at radius 3 is 2.80 bits per heavy atom. The second-order valence-corrected chi connectivity index (χ2v) is 10.9. The molecule has 1 saturated carbocycles. The predicted molar refractivity (Wildman–Crippen MR) is 133 cm³/mol. The van der Waals surface area contributed by atoms with Gasteiger partial charge in [-0.05, 0) is 80.5 Å². The second-order valence-electron chi connectivity index (χ2n) is 10.9. The van der Waals surface area contributed by atoms with Crippen LogP contribution in [-0.4, -0.2) is 25.8 Å². The Hall–Kier alpha value is -3.66. The third-order valence-corrected chi connectivity index (χ3v) is 7.79. The molecule has 0 radical (unpaired) electrons. The highest BCUT2D eigenvalue weighted by Gasteiger charge is 2.45. The van der Waals surface area contributed by atoms with Crippen LogP contribution in [0.5, 0.6) is 0 Å². The minimum absolute atomic E-state index is 0.0229. The van der Waals surface area contributed by atoms with Gasteiger partial charge in [-0.3, -0.25) is 9.89 Å². The number of aryl methyl sites for hydroxylation is 1. The van der Waals surface area contributed by atoms with Crippen molar-refractivity contribution < 1.29 is 14.3 Å². The third-order valence-electron chi connectivity index (χ3n) is 7.79. The lowest BCUT2D eigenvalue weighted by molar-refractivity contribution is -0.147. The molecule has 0 spiro atoms. The van der Waals surface area contributed by atoms with Crippen LogP contribution in [-0.2, 0) is 10.2 Å². The van der Waals surface area contributed by atoms with Gasteiger partial charge in [-0.1, -0.05) is 13.8 Å². The number of halogens is 1. The van der Waals surface area contributed by atoms with Crippen molar-refractivity contribution >= 4 is 27.8 Å². The summed E-state index contributed by atoms with van der Waals surface area (Å²) in [4.78, 5) is 12.1. The normalized spacial score (nSPS) is 20.5. The summed E-state index contributed by atoms with van der Waals surface area (Å²) in [6.07, 6.45) is 3.94. The highest BCUT2D eigenvalue weighted by molar-refractivity contribution is 5.99. The summed E-state index contributed by atoms with van der Waals surface area (Å²) in [6.45, 7) is 7.68. The highest BCUT2D eigenvalue weighted by atomic mass is 19.1. The minimum Gasteiger partial charge on any atom is -0.481 e. The summed E-state index contributed by atoms with van der Waals surface area (Å²) < 4.78 is 16.4. The molecule has 0 aliphatic heterocycles. The minimum atomic E-state index is -0.791. The maximum absolute atomic E-state index is 14.2. The van der Waals surface area contributed by atoms with Crippen molar-refractivity contribution in [1.82, 2.24) is 14.8 Å². The van der Waals surface area contributed by atoms with Crippen molar-refractivity contribution in [2.24, 2.45) is 5.41 Å². The molecule has 2 N–H and O–H groups in total. The first-order valence-electron chi connectivity index (χ1n) is 11.9. The Morgan fingerprint density at radius 2 is 2.14 bits per heavy atom. The average molecular weight is 473 g/mol. The number of aromatic amines is 1. The lowest BCUT2D eigenvalue weighted by Gasteiger charge is -2.28. The van der Waals surface area contributed by atoms with Gasteiger partial charge in [-0.15, -0.1) is 0 Å². The molecule has 1 aliphatic carbocycles. The van der Waals surface area contributed by atoms with Gasteiger partial charge < -0.3 is 9.67 Å². The number of hydrogen-bond acceptors (Lipinski definition) is 3. The molecule has 2 heterocycles. The molecule has 35 heavy (non-hydrogen) atoms. The number of nitrogens with one attached hydrogen (secondary N) is 1. The van der Waals surface area contributed by atoms with E-state index >= 15 is 0 Å². The number of rotatable bonds is 5. The molecule has 6 nitrogen and oxygen atoms in total. The number of aromatic nitrogens is 3. The maximum atomic E-state index is 14.2. The summed E-state index contributed by atoms with van der Waals surface area (Å²) >= 11 is 0. The van der Waals surface area contributed by atoms with E-state index in [1.165, 1.54) is 6.07 Å². The van der Waals surface area contributed by atoms with Crippen LogP contribution in [0.2, 0.25) is 0 Å². The van der Waals surface area contributed by atoms with Crippen molar-refractivity contribution in [3.05, 3.63) is 59.2 Å². The van der Waals surface area contributed by atoms with Crippen molar-refractivity contribution in [2.75, 3.05) is 0 Å². The summed E-state index contributed by atoms with van der Waals surface area (Å²) in [6, 6.07) is 11.6. The quantitative estimate of drug-likeness (QED) is 0.346. The molecule has 2 atom stereocenters. The Labute approximate surface area is 203 Å². The summed E-state index contributed by atoms with van der Waals surface area (Å²) in [5.74, 6) is -1.02. The molecular formula is C28H29FN4O2. The fourth-order valence-electron chi connectivity index (χ4n) is 5.83. The predicted octanol–water partition coefficient (Wildman–Crippen LogP) is 6.50. The average Bonchev–Trinajstić information content (AvgIpc) is 3.50. The first-order chi connectivity index (χ1) is 16.6. The van der Waals surface area contributed by atoms with Crippen LogP contribution in [0.15, 0.2) is 36.5 Å². The van der Waals surface area contributed by atoms with Gasteiger partial charge in [0.15, 0.2) is 0 Å². The van der Waals surface area contributed by atoms with Crippen LogP contribution < -0.4 is 0 Å². The van der Waals surface area contributed by atoms with E-state index < -0.39 is 16.8 Å². The Kier molecular flexibility index (Phi) is 5.24. The zero-order valence-electron chi connectivity index (χ0n) is 20.4. The zero-order chi connectivity index (χ0) is 25.1. The zero-order valence-corrected chi connectivity index (χ0v) is 20.4. The fourth-order valence-corrected chi connectivity index (χ4v) is 5.83. The van der Waals surface area contributed by atoms with Gasteiger partial charge in [0.25, 0.3) is 0 Å². The number of carboxylic acid groups (broad SMARTS) is 1. The lowest BCUT2D eigenvalue weighted by Crippen LogP contribution is -2.25. The number of fused-ring (bicyclic) bond motifs is 2. The maximum Gasteiger partial charge on any atom is 0.309 e. The molecular weight excluding hydrogens is 443 g/mol. The standard InChI is InChI=1S/C28H29FN4O2/c1-16-11-19(5-6-21(16)29)33-23-12-18-15-31-32-22(18)13-20(23)24(25(33)27(2,3)9-10-30)17-7-8-28(4,14-17)26(34)35/h5-6,11-13,15,17H,7-9,14H2,1-4H3,(H,31,32)(H,34,35)/t17?,28-/m1/s1. The molecule has 5 rings (SSSR count). The number of nitrogens with zero attached hydrogens (tertiary/aromatic N) is 3. The molecule has 180 valence electrons. The third kappa shape index (κ3) is 3.59. The Bertz CT molecular complexity index is 1520. The Balaban J connectivity index is 1.89. The van der Waals surface area contributed by atoms with Crippen molar-refractivity contribution in [1.29, 1.82) is 5.26 Å². The van der Waals surface area contributed by atoms with E-state index in [0.29, 0.717) is 24.8 Å². The topological polar surface area (TPSA) is 94.7 Å². The van der Waals surface area contributed by atoms with Crippen LogP contribution >= 0.6 is 0 Å². The second kappa shape index (κ2) is 7.94. The lowest BCUT2D eigenvalue weighted by atomic mass is 9.78. The molecule has 2 aromatic heterocycles. The molecule has 1 fully saturated rings. The molecule has 0 saturated heterocycles. The van der Waals surface area contributed by atoms with Crippen molar-refractivity contribution in [3.63, 3.8) is 0 Å². The summed E-state index contributed by atoms with van der Waals surface area (Å²) in [5.41, 5.74) is 3.96. The fraction of sp³-hybridized carbons (Fsp3) is 0.393. The van der Waals surface area contributed by atoms with Gasteiger partial charge >= 0.3 is 5.97 Å². The number of carbonyl (C=O) groups is 1. The highest BCUT2D eigenvalue weighted by Crippen LogP contribution is 2.52. The number of carboxylic acids is 1. The molecule has 7 heteroatoms. The van der Waals surface area contributed by atoms with Crippen LogP contribution in [0.1, 0.15) is 69.2 Å². The SMILES string of the molecule is Cc1cc(-n2c(C(C)(C)CC#N)c(C3CC[C@@](C)(C(=O)O)C3)c3cc4[nH]ncc4cc32)ccc1F. The van der Waals surface area contributed by atoms with Gasteiger partial charge in [-0.25, -0.2) is 4.39 Å². The van der Waals surface area contributed by atoms with Crippen molar-refractivity contribution in [3.8, 4) is 11.8 Å². The van der Waals surface area contributed by atoms with Gasteiger partial charge in [0.2, 0.25) is 0 Å². The number of hydrogen-bond donors (Lipinski definition) is 2. The van der Waals surface area contributed by atoms with E-state index in [4.69, 9.17) is 0 Å². The molecule has 1 unspecified atom stereocenters. The number of H-pyrrole nitrogens is 1. The van der Waals surface area contributed by atoms with E-state index in [-0.39, 0.29) is 11.7 Å². The molecule has 2 aromatic carbocycles. The van der Waals surface area contributed by atoms with Crippen LogP contribution in [0.3, 0.4) is 0 Å². The first kappa shape index (κ1) is 23.1. The molecule has 0 amide bonds. The monoisotopic (exact) mass is 472 g/mol.